The summed E-state index contributed by atoms with van der Waals surface area (Å²) in [7, 11) is 0. The van der Waals surface area contributed by atoms with Gasteiger partial charge in [0.15, 0.2) is 0 Å². The van der Waals surface area contributed by atoms with E-state index in [1.807, 2.05) is 12.1 Å². The fourth-order valence-electron chi connectivity index (χ4n) is 3.20. The smallest absolute Gasteiger partial charge is 0.323 e. The maximum Gasteiger partial charge on any atom is 0.323 e. The van der Waals surface area contributed by atoms with Crippen LogP contribution < -0.4 is 10.6 Å². The monoisotopic (exact) mass is 388 g/mol. The molecule has 0 radical (unpaired) electrons. The minimum atomic E-state index is -0.647. The van der Waals surface area contributed by atoms with Crippen LogP contribution in [-0.4, -0.2) is 18.6 Å². The van der Waals surface area contributed by atoms with Gasteiger partial charge in [0.1, 0.15) is 6.04 Å². The summed E-state index contributed by atoms with van der Waals surface area (Å²) < 4.78 is 5.00. The van der Waals surface area contributed by atoms with Crippen molar-refractivity contribution in [3.8, 4) is 0 Å². The van der Waals surface area contributed by atoms with Gasteiger partial charge in [-0.25, -0.2) is 0 Å². The van der Waals surface area contributed by atoms with Crippen LogP contribution in [0.25, 0.3) is 0 Å². The molecule has 1 atom stereocenters. The average molecular weight is 389 g/mol. The molecule has 2 N–H and O–H groups in total. The summed E-state index contributed by atoms with van der Waals surface area (Å²) in [5, 5.41) is 0. The number of nitrogens with zero attached hydrogens (tertiary/aromatic N) is 1. The van der Waals surface area contributed by atoms with Crippen molar-refractivity contribution in [3.05, 3.63) is 89.5 Å². The van der Waals surface area contributed by atoms with Crippen molar-refractivity contribution in [2.24, 2.45) is 5.73 Å². The van der Waals surface area contributed by atoms with E-state index in [0.29, 0.717) is 13.0 Å². The molecule has 3 aromatic carbocycles. The van der Waals surface area contributed by atoms with Crippen LogP contribution in [0, 0.1) is 13.8 Å². The standard InChI is InChI=1S/C25H28N2O2/c1-4-29-25(28)24(26)17-20-9-15-23(16-10-20)27(21-11-5-18(2)6-12-21)22-13-7-19(3)8-14-22/h5-16,24H,4,17,26H2,1-3H3. The molecule has 1 unspecified atom stereocenters. The maximum absolute atomic E-state index is 11.8. The van der Waals surface area contributed by atoms with E-state index in [-0.39, 0.29) is 5.97 Å². The Hall–Kier alpha value is -3.11. The number of benzene rings is 3. The normalized spacial score (nSPS) is 11.7. The van der Waals surface area contributed by atoms with E-state index in [2.05, 4.69) is 79.4 Å². The highest BCUT2D eigenvalue weighted by molar-refractivity contribution is 5.77. The number of anilines is 3. The summed E-state index contributed by atoms with van der Waals surface area (Å²) in [4.78, 5) is 14.0. The van der Waals surface area contributed by atoms with Gasteiger partial charge in [-0.05, 0) is 69.2 Å². The van der Waals surface area contributed by atoms with Crippen molar-refractivity contribution in [1.29, 1.82) is 0 Å². The summed E-state index contributed by atoms with van der Waals surface area (Å²) >= 11 is 0. The molecule has 0 saturated heterocycles. The second-order valence-corrected chi connectivity index (χ2v) is 7.24. The fourth-order valence-corrected chi connectivity index (χ4v) is 3.20. The van der Waals surface area contributed by atoms with Crippen molar-refractivity contribution in [2.45, 2.75) is 33.2 Å². The summed E-state index contributed by atoms with van der Waals surface area (Å²) in [6.45, 7) is 6.29. The number of nitrogens with two attached hydrogens (primary N) is 1. The molecule has 0 aromatic heterocycles. The minimum absolute atomic E-state index is 0.341. The lowest BCUT2D eigenvalue weighted by molar-refractivity contribution is -0.144. The van der Waals surface area contributed by atoms with Crippen LogP contribution >= 0.6 is 0 Å². The van der Waals surface area contributed by atoms with Crippen molar-refractivity contribution in [3.63, 3.8) is 0 Å². The first-order valence-corrected chi connectivity index (χ1v) is 9.92. The second kappa shape index (κ2) is 9.39. The van der Waals surface area contributed by atoms with Crippen molar-refractivity contribution >= 4 is 23.0 Å². The molecule has 0 saturated carbocycles. The number of carbonyl (C=O) groups excluding carboxylic acids is 1. The van der Waals surface area contributed by atoms with Gasteiger partial charge in [-0.3, -0.25) is 4.79 Å². The largest absolute Gasteiger partial charge is 0.465 e. The molecule has 4 heteroatoms. The zero-order chi connectivity index (χ0) is 20.8. The van der Waals surface area contributed by atoms with Crippen LogP contribution in [0.15, 0.2) is 72.8 Å². The van der Waals surface area contributed by atoms with Gasteiger partial charge in [0.2, 0.25) is 0 Å². The second-order valence-electron chi connectivity index (χ2n) is 7.24. The molecule has 0 heterocycles. The molecule has 0 aliphatic heterocycles. The van der Waals surface area contributed by atoms with E-state index >= 15 is 0 Å². The van der Waals surface area contributed by atoms with E-state index in [1.165, 1.54) is 11.1 Å². The average Bonchev–Trinajstić information content (AvgIpc) is 2.72. The summed E-state index contributed by atoms with van der Waals surface area (Å²) in [5.41, 5.74) is 12.6. The van der Waals surface area contributed by atoms with Gasteiger partial charge < -0.3 is 15.4 Å². The van der Waals surface area contributed by atoms with E-state index in [9.17, 15) is 4.79 Å². The van der Waals surface area contributed by atoms with Gasteiger partial charge in [0.05, 0.1) is 6.61 Å². The Labute approximate surface area is 172 Å². The van der Waals surface area contributed by atoms with E-state index in [0.717, 1.165) is 22.6 Å². The number of rotatable bonds is 7. The third-order valence-electron chi connectivity index (χ3n) is 4.82. The molecule has 0 spiro atoms. The van der Waals surface area contributed by atoms with Crippen LogP contribution in [-0.2, 0) is 16.0 Å². The highest BCUT2D eigenvalue weighted by Gasteiger charge is 2.16. The van der Waals surface area contributed by atoms with Crippen LogP contribution in [0.4, 0.5) is 17.1 Å². The third-order valence-corrected chi connectivity index (χ3v) is 4.82. The third kappa shape index (κ3) is 5.24. The Bertz CT molecular complexity index is 887. The Balaban J connectivity index is 1.89. The first-order valence-electron chi connectivity index (χ1n) is 9.92. The Morgan fingerprint density at radius 1 is 0.828 bits per heavy atom. The van der Waals surface area contributed by atoms with Gasteiger partial charge >= 0.3 is 5.97 Å². The molecule has 3 rings (SSSR count). The predicted molar refractivity (Wildman–Crippen MR) is 119 cm³/mol. The van der Waals surface area contributed by atoms with Crippen LogP contribution in [0.2, 0.25) is 0 Å². The fraction of sp³-hybridized carbons (Fsp3) is 0.240. The number of ether oxygens (including phenoxy) is 1. The lowest BCUT2D eigenvalue weighted by Gasteiger charge is -2.26. The predicted octanol–water partition coefficient (Wildman–Crippen LogP) is 5.21. The van der Waals surface area contributed by atoms with Gasteiger partial charge in [-0.15, -0.1) is 0 Å². The van der Waals surface area contributed by atoms with Gasteiger partial charge in [-0.2, -0.15) is 0 Å². The molecular weight excluding hydrogens is 360 g/mol. The van der Waals surface area contributed by atoms with Crippen molar-refractivity contribution < 1.29 is 9.53 Å². The topological polar surface area (TPSA) is 55.6 Å². The Morgan fingerprint density at radius 3 is 1.66 bits per heavy atom. The van der Waals surface area contributed by atoms with E-state index < -0.39 is 6.04 Å². The summed E-state index contributed by atoms with van der Waals surface area (Å²) in [6.07, 6.45) is 0.453. The number of aryl methyl sites for hydroxylation is 2. The molecule has 3 aromatic rings. The van der Waals surface area contributed by atoms with Crippen LogP contribution in [0.5, 0.6) is 0 Å². The first kappa shape index (κ1) is 20.6. The number of carbonyl (C=O) groups is 1. The lowest BCUT2D eigenvalue weighted by Crippen LogP contribution is -2.34. The first-order chi connectivity index (χ1) is 14.0. The molecular formula is C25H28N2O2. The molecule has 0 aliphatic carbocycles. The molecule has 0 fully saturated rings. The van der Waals surface area contributed by atoms with Crippen molar-refractivity contribution in [2.75, 3.05) is 11.5 Å². The van der Waals surface area contributed by atoms with Crippen LogP contribution in [0.3, 0.4) is 0 Å². The highest BCUT2D eigenvalue weighted by atomic mass is 16.5. The SMILES string of the molecule is CCOC(=O)C(N)Cc1ccc(N(c2ccc(C)cc2)c2ccc(C)cc2)cc1. The van der Waals surface area contributed by atoms with Gasteiger partial charge in [0.25, 0.3) is 0 Å². The zero-order valence-electron chi connectivity index (χ0n) is 17.3. The highest BCUT2D eigenvalue weighted by Crippen LogP contribution is 2.34. The molecule has 29 heavy (non-hydrogen) atoms. The molecule has 4 nitrogen and oxygen atoms in total. The maximum atomic E-state index is 11.8. The summed E-state index contributed by atoms with van der Waals surface area (Å²) in [5.74, 6) is -0.363. The minimum Gasteiger partial charge on any atom is -0.465 e. The van der Waals surface area contributed by atoms with Gasteiger partial charge in [0, 0.05) is 17.1 Å². The quantitative estimate of drug-likeness (QED) is 0.565. The Kier molecular flexibility index (Phi) is 6.68. The molecule has 0 bridgehead atoms. The van der Waals surface area contributed by atoms with Crippen LogP contribution in [0.1, 0.15) is 23.6 Å². The van der Waals surface area contributed by atoms with E-state index in [4.69, 9.17) is 10.5 Å². The van der Waals surface area contributed by atoms with Gasteiger partial charge in [-0.1, -0.05) is 47.5 Å². The molecule has 0 amide bonds. The Morgan fingerprint density at radius 2 is 1.24 bits per heavy atom. The molecule has 150 valence electrons. The lowest BCUT2D eigenvalue weighted by atomic mass is 10.1. The number of esters is 1. The zero-order valence-corrected chi connectivity index (χ0v) is 17.3. The number of hydrogen-bond acceptors (Lipinski definition) is 4. The summed E-state index contributed by atoms with van der Waals surface area (Å²) in [6, 6.07) is 24.5. The van der Waals surface area contributed by atoms with E-state index in [1.54, 1.807) is 6.92 Å². The van der Waals surface area contributed by atoms with Crippen molar-refractivity contribution in [1.82, 2.24) is 0 Å². The molecule has 0 aliphatic rings. The number of hydrogen-bond donors (Lipinski definition) is 1.